The first-order valence-electron chi connectivity index (χ1n) is 10.2. The third-order valence-corrected chi connectivity index (χ3v) is 6.86. The van der Waals surface area contributed by atoms with Crippen molar-refractivity contribution in [2.75, 3.05) is 51.2 Å². The average Bonchev–Trinajstić information content (AvgIpc) is 2.71. The van der Waals surface area contributed by atoms with E-state index in [1.54, 1.807) is 18.7 Å². The molecule has 0 bridgehead atoms. The number of carbonyl (C=O) groups excluding carboxylic acids is 1. The van der Waals surface area contributed by atoms with E-state index in [2.05, 4.69) is 58.1 Å². The lowest BCUT2D eigenvalue weighted by Gasteiger charge is -2.34. The van der Waals surface area contributed by atoms with E-state index in [1.165, 1.54) is 60.3 Å². The number of Topliss-reactive ketones (excluding diaryl/α,β-unsaturated/α-hetero) is 1. The van der Waals surface area contributed by atoms with Gasteiger partial charge in [0.05, 0.1) is 11.4 Å². The zero-order valence-corrected chi connectivity index (χ0v) is 17.7. The second-order valence-electron chi connectivity index (χ2n) is 7.81. The molecule has 28 heavy (non-hydrogen) atoms. The minimum atomic E-state index is 0.127. The molecule has 0 saturated carbocycles. The second-order valence-corrected chi connectivity index (χ2v) is 8.90. The molecule has 2 aromatic carbocycles. The topological polar surface area (TPSA) is 26.8 Å². The molecule has 2 aromatic rings. The van der Waals surface area contributed by atoms with E-state index in [1.807, 2.05) is 6.07 Å². The number of hydrogen-bond donors (Lipinski definition) is 0. The van der Waals surface area contributed by atoms with Crippen molar-refractivity contribution in [2.24, 2.45) is 0 Å². The summed E-state index contributed by atoms with van der Waals surface area (Å²) in [7, 11) is 2.20. The van der Waals surface area contributed by atoms with Crippen molar-refractivity contribution in [3.8, 4) is 0 Å². The first kappa shape index (κ1) is 19.5. The smallest absolute Gasteiger partial charge is 0.159 e. The number of ketones is 1. The molecule has 4 nitrogen and oxygen atoms in total. The molecule has 4 rings (SSSR count). The van der Waals surface area contributed by atoms with Gasteiger partial charge in [0.1, 0.15) is 0 Å². The van der Waals surface area contributed by atoms with E-state index in [0.29, 0.717) is 0 Å². The molecule has 0 unspecified atom stereocenters. The maximum Gasteiger partial charge on any atom is 0.159 e. The molecule has 0 spiro atoms. The molecule has 5 heteroatoms. The lowest BCUT2D eigenvalue weighted by molar-refractivity contribution is 0.101. The minimum Gasteiger partial charge on any atom is -0.340 e. The maximum absolute atomic E-state index is 11.9. The number of rotatable bonds is 6. The highest BCUT2D eigenvalue weighted by Gasteiger charge is 2.23. The number of para-hydroxylation sites is 1. The zero-order valence-electron chi connectivity index (χ0n) is 16.9. The van der Waals surface area contributed by atoms with Gasteiger partial charge in [-0.2, -0.15) is 0 Å². The molecule has 0 radical (unpaired) electrons. The molecular weight excluding hydrogens is 366 g/mol. The van der Waals surface area contributed by atoms with E-state index in [-0.39, 0.29) is 5.78 Å². The largest absolute Gasteiger partial charge is 0.340 e. The molecule has 148 valence electrons. The van der Waals surface area contributed by atoms with Crippen LogP contribution in [0.25, 0.3) is 0 Å². The molecule has 0 N–H and O–H groups in total. The Morgan fingerprint density at radius 2 is 1.64 bits per heavy atom. The highest BCUT2D eigenvalue weighted by molar-refractivity contribution is 7.99. The standard InChI is InChI=1S/C23H29N3OS/c1-18(27)19-9-10-23-21(17-19)26(20-7-3-4-8-22(20)28-23)12-6-5-11-25-15-13-24(2)14-16-25/h3-4,7-10,17H,5-6,11-16H2,1-2H3. The number of fused-ring (bicyclic) bond motifs is 2. The number of nitrogens with zero attached hydrogens (tertiary/aromatic N) is 3. The van der Waals surface area contributed by atoms with Crippen LogP contribution >= 0.6 is 11.8 Å². The zero-order chi connectivity index (χ0) is 19.5. The SMILES string of the molecule is CC(=O)c1ccc2c(c1)N(CCCCN1CCN(C)CC1)c1ccccc1S2. The van der Waals surface area contributed by atoms with E-state index in [4.69, 9.17) is 0 Å². The van der Waals surface area contributed by atoms with Crippen LogP contribution in [0.1, 0.15) is 30.1 Å². The predicted octanol–water partition coefficient (Wildman–Crippen LogP) is 4.52. The van der Waals surface area contributed by atoms with Gasteiger partial charge in [0.2, 0.25) is 0 Å². The molecule has 2 aliphatic heterocycles. The Morgan fingerprint density at radius 1 is 0.929 bits per heavy atom. The number of piperazine rings is 1. The second kappa shape index (κ2) is 8.68. The van der Waals surface area contributed by atoms with Crippen LogP contribution in [-0.4, -0.2) is 61.9 Å². The van der Waals surface area contributed by atoms with Crippen LogP contribution < -0.4 is 4.90 Å². The van der Waals surface area contributed by atoms with Gasteiger partial charge in [-0.3, -0.25) is 4.79 Å². The van der Waals surface area contributed by atoms with Crippen molar-refractivity contribution in [3.63, 3.8) is 0 Å². The number of carbonyl (C=O) groups is 1. The van der Waals surface area contributed by atoms with Gasteiger partial charge in [0.25, 0.3) is 0 Å². The third-order valence-electron chi connectivity index (χ3n) is 5.73. The highest BCUT2D eigenvalue weighted by atomic mass is 32.2. The van der Waals surface area contributed by atoms with Gasteiger partial charge in [-0.25, -0.2) is 0 Å². The molecule has 0 amide bonds. The molecule has 2 heterocycles. The van der Waals surface area contributed by atoms with Gasteiger partial charge in [-0.15, -0.1) is 0 Å². The van der Waals surface area contributed by atoms with Crippen LogP contribution in [0, 0.1) is 0 Å². The Kier molecular flexibility index (Phi) is 6.04. The molecule has 1 fully saturated rings. The van der Waals surface area contributed by atoms with Crippen LogP contribution in [-0.2, 0) is 0 Å². The predicted molar refractivity (Wildman–Crippen MR) is 117 cm³/mol. The summed E-state index contributed by atoms with van der Waals surface area (Å²) in [5.74, 6) is 0.127. The molecule has 0 aromatic heterocycles. The summed E-state index contributed by atoms with van der Waals surface area (Å²) in [5.41, 5.74) is 3.23. The van der Waals surface area contributed by atoms with Crippen LogP contribution in [0.4, 0.5) is 11.4 Å². The lowest BCUT2D eigenvalue weighted by Crippen LogP contribution is -2.44. The highest BCUT2D eigenvalue weighted by Crippen LogP contribution is 2.48. The Bertz CT molecular complexity index is 845. The van der Waals surface area contributed by atoms with Crippen molar-refractivity contribution in [1.29, 1.82) is 0 Å². The summed E-state index contributed by atoms with van der Waals surface area (Å²) in [4.78, 5) is 21.8. The van der Waals surface area contributed by atoms with Crippen molar-refractivity contribution in [2.45, 2.75) is 29.6 Å². The minimum absolute atomic E-state index is 0.127. The Balaban J connectivity index is 1.46. The fraction of sp³-hybridized carbons (Fsp3) is 0.435. The Morgan fingerprint density at radius 3 is 2.43 bits per heavy atom. The van der Waals surface area contributed by atoms with Crippen molar-refractivity contribution < 1.29 is 4.79 Å². The van der Waals surface area contributed by atoms with Crippen molar-refractivity contribution in [1.82, 2.24) is 9.80 Å². The average molecular weight is 396 g/mol. The number of likely N-dealkylation sites (N-methyl/N-ethyl adjacent to an activating group) is 1. The summed E-state index contributed by atoms with van der Waals surface area (Å²) in [6, 6.07) is 14.7. The van der Waals surface area contributed by atoms with Gasteiger partial charge in [0.15, 0.2) is 5.78 Å². The molecular formula is C23H29N3OS. The molecule has 0 aliphatic carbocycles. The Labute approximate surface area is 172 Å². The summed E-state index contributed by atoms with van der Waals surface area (Å²) >= 11 is 1.80. The van der Waals surface area contributed by atoms with Crippen molar-refractivity contribution in [3.05, 3.63) is 48.0 Å². The summed E-state index contributed by atoms with van der Waals surface area (Å²) in [6.45, 7) is 8.54. The molecule has 0 atom stereocenters. The fourth-order valence-electron chi connectivity index (χ4n) is 3.97. The third kappa shape index (κ3) is 4.27. The lowest BCUT2D eigenvalue weighted by atomic mass is 10.1. The number of unbranched alkanes of at least 4 members (excludes halogenated alkanes) is 1. The van der Waals surface area contributed by atoms with Gasteiger partial charge < -0.3 is 14.7 Å². The number of hydrogen-bond acceptors (Lipinski definition) is 5. The van der Waals surface area contributed by atoms with E-state index in [0.717, 1.165) is 18.5 Å². The number of anilines is 2. The van der Waals surface area contributed by atoms with E-state index >= 15 is 0 Å². The van der Waals surface area contributed by atoms with Crippen LogP contribution in [0.2, 0.25) is 0 Å². The van der Waals surface area contributed by atoms with Crippen LogP contribution in [0.5, 0.6) is 0 Å². The molecule has 1 saturated heterocycles. The summed E-state index contributed by atoms with van der Waals surface area (Å²) in [5, 5.41) is 0. The summed E-state index contributed by atoms with van der Waals surface area (Å²) in [6.07, 6.45) is 2.35. The first-order valence-corrected chi connectivity index (χ1v) is 11.0. The van der Waals surface area contributed by atoms with Gasteiger partial charge in [0, 0.05) is 48.1 Å². The van der Waals surface area contributed by atoms with Crippen LogP contribution in [0.3, 0.4) is 0 Å². The summed E-state index contributed by atoms with van der Waals surface area (Å²) < 4.78 is 0. The van der Waals surface area contributed by atoms with Crippen LogP contribution in [0.15, 0.2) is 52.3 Å². The first-order chi connectivity index (χ1) is 13.6. The fourth-order valence-corrected chi connectivity index (χ4v) is 5.04. The normalized spacial score (nSPS) is 17.3. The number of benzene rings is 2. The van der Waals surface area contributed by atoms with Gasteiger partial charge in [-0.1, -0.05) is 30.0 Å². The maximum atomic E-state index is 11.9. The quantitative estimate of drug-likeness (QED) is 0.529. The van der Waals surface area contributed by atoms with E-state index < -0.39 is 0 Å². The van der Waals surface area contributed by atoms with E-state index in [9.17, 15) is 4.79 Å². The van der Waals surface area contributed by atoms with Crippen molar-refractivity contribution >= 4 is 28.9 Å². The Hall–Kier alpha value is -1.82. The monoisotopic (exact) mass is 395 g/mol. The van der Waals surface area contributed by atoms with Gasteiger partial charge >= 0.3 is 0 Å². The molecule has 2 aliphatic rings. The van der Waals surface area contributed by atoms with Gasteiger partial charge in [-0.05, 0) is 57.6 Å².